The number of imide groups is 1. The molecule has 26 heavy (non-hydrogen) atoms. The van der Waals surface area contributed by atoms with Crippen molar-refractivity contribution in [1.82, 2.24) is 4.90 Å². The summed E-state index contributed by atoms with van der Waals surface area (Å²) in [4.78, 5) is 47.4. The van der Waals surface area contributed by atoms with E-state index >= 15 is 0 Å². The van der Waals surface area contributed by atoms with E-state index in [2.05, 4.69) is 0 Å². The smallest absolute Gasteiger partial charge is 0.338 e. The Labute approximate surface area is 148 Å². The van der Waals surface area contributed by atoms with Gasteiger partial charge in [0.2, 0.25) is 0 Å². The largest absolute Gasteiger partial charge is 0.462 e. The minimum atomic E-state index is -0.623. The molecule has 0 saturated heterocycles. The molecule has 2 amide bonds. The zero-order valence-corrected chi connectivity index (χ0v) is 13.6. The second-order valence-electron chi connectivity index (χ2n) is 5.60. The molecule has 132 valence electrons. The molecular weight excluding hydrogens is 340 g/mol. The van der Waals surface area contributed by atoms with Crippen LogP contribution in [0.4, 0.5) is 5.69 Å². The summed E-state index contributed by atoms with van der Waals surface area (Å²) in [5.74, 6) is -1.33. The SMILES string of the molecule is O=C(OCCCN1C(=O)c2ccccc2C1=O)c1ccc([N+](=O)[O-])cc1. The van der Waals surface area contributed by atoms with Crippen LogP contribution < -0.4 is 0 Å². The predicted molar refractivity (Wildman–Crippen MR) is 89.8 cm³/mol. The highest BCUT2D eigenvalue weighted by molar-refractivity contribution is 6.21. The first-order valence-electron chi connectivity index (χ1n) is 7.86. The van der Waals surface area contributed by atoms with E-state index in [4.69, 9.17) is 4.74 Å². The van der Waals surface area contributed by atoms with Gasteiger partial charge in [0.15, 0.2) is 0 Å². The first kappa shape index (κ1) is 17.3. The van der Waals surface area contributed by atoms with Gasteiger partial charge >= 0.3 is 5.97 Å². The molecule has 0 N–H and O–H groups in total. The van der Waals surface area contributed by atoms with Gasteiger partial charge in [0.25, 0.3) is 17.5 Å². The van der Waals surface area contributed by atoms with Gasteiger partial charge in [0.05, 0.1) is 28.2 Å². The van der Waals surface area contributed by atoms with Crippen LogP contribution in [0.1, 0.15) is 37.5 Å². The molecule has 0 radical (unpaired) electrons. The van der Waals surface area contributed by atoms with Gasteiger partial charge in [0.1, 0.15) is 0 Å². The molecule has 0 aromatic heterocycles. The Morgan fingerprint density at radius 2 is 1.58 bits per heavy atom. The Hall–Kier alpha value is -3.55. The van der Waals surface area contributed by atoms with Crippen LogP contribution >= 0.6 is 0 Å². The van der Waals surface area contributed by atoms with Crippen LogP contribution in [0.3, 0.4) is 0 Å². The lowest BCUT2D eigenvalue weighted by Crippen LogP contribution is -2.31. The van der Waals surface area contributed by atoms with E-state index in [-0.39, 0.29) is 36.2 Å². The molecule has 1 aliphatic rings. The number of esters is 1. The molecule has 0 aliphatic carbocycles. The van der Waals surface area contributed by atoms with Crippen molar-refractivity contribution in [2.45, 2.75) is 6.42 Å². The number of hydrogen-bond donors (Lipinski definition) is 0. The van der Waals surface area contributed by atoms with Gasteiger partial charge < -0.3 is 4.74 Å². The number of non-ortho nitro benzene ring substituents is 1. The molecule has 0 bridgehead atoms. The third-order valence-corrected chi connectivity index (χ3v) is 3.95. The van der Waals surface area contributed by atoms with Gasteiger partial charge in [-0.2, -0.15) is 0 Å². The predicted octanol–water partition coefficient (Wildman–Crippen LogP) is 2.44. The van der Waals surface area contributed by atoms with E-state index in [0.717, 1.165) is 4.90 Å². The van der Waals surface area contributed by atoms with Gasteiger partial charge in [0, 0.05) is 18.7 Å². The molecule has 1 aliphatic heterocycles. The molecule has 0 unspecified atom stereocenters. The van der Waals surface area contributed by atoms with Crippen LogP contribution in [0, 0.1) is 10.1 Å². The van der Waals surface area contributed by atoms with Crippen molar-refractivity contribution in [2.75, 3.05) is 13.2 Å². The molecule has 8 heteroatoms. The molecule has 0 saturated carbocycles. The van der Waals surface area contributed by atoms with Crippen LogP contribution in [-0.2, 0) is 4.74 Å². The van der Waals surface area contributed by atoms with Crippen LogP contribution in [0.2, 0.25) is 0 Å². The maximum Gasteiger partial charge on any atom is 0.338 e. The van der Waals surface area contributed by atoms with Gasteiger partial charge in [-0.1, -0.05) is 12.1 Å². The van der Waals surface area contributed by atoms with E-state index in [1.807, 2.05) is 0 Å². The molecule has 1 heterocycles. The lowest BCUT2D eigenvalue weighted by atomic mass is 10.1. The topological polar surface area (TPSA) is 107 Å². The third-order valence-electron chi connectivity index (χ3n) is 3.95. The number of nitro benzene ring substituents is 1. The Bertz CT molecular complexity index is 856. The Kier molecular flexibility index (Phi) is 4.74. The maximum absolute atomic E-state index is 12.2. The van der Waals surface area contributed by atoms with Crippen molar-refractivity contribution < 1.29 is 24.0 Å². The van der Waals surface area contributed by atoms with Crippen molar-refractivity contribution >= 4 is 23.5 Å². The maximum atomic E-state index is 12.2. The summed E-state index contributed by atoms with van der Waals surface area (Å²) in [6.45, 7) is 0.156. The number of hydrogen-bond acceptors (Lipinski definition) is 6. The van der Waals surface area contributed by atoms with E-state index in [1.165, 1.54) is 24.3 Å². The average Bonchev–Trinajstić information content (AvgIpc) is 2.90. The molecule has 0 atom stereocenters. The Morgan fingerprint density at radius 1 is 1.00 bits per heavy atom. The number of fused-ring (bicyclic) bond motifs is 1. The highest BCUT2D eigenvalue weighted by Gasteiger charge is 2.34. The number of carbonyl (C=O) groups excluding carboxylic acids is 3. The minimum absolute atomic E-state index is 0.0171. The number of amides is 2. The van der Waals surface area contributed by atoms with Gasteiger partial charge in [-0.05, 0) is 30.7 Å². The van der Waals surface area contributed by atoms with E-state index in [9.17, 15) is 24.5 Å². The summed E-state index contributed by atoms with van der Waals surface area (Å²) >= 11 is 0. The normalized spacial score (nSPS) is 12.8. The summed E-state index contributed by atoms with van der Waals surface area (Å²) < 4.78 is 5.08. The molecule has 0 spiro atoms. The molecule has 3 rings (SSSR count). The number of benzene rings is 2. The minimum Gasteiger partial charge on any atom is -0.462 e. The summed E-state index contributed by atoms with van der Waals surface area (Å²) in [7, 11) is 0. The first-order chi connectivity index (χ1) is 12.5. The quantitative estimate of drug-likeness (QED) is 0.259. The van der Waals surface area contributed by atoms with Crippen molar-refractivity contribution in [3.05, 3.63) is 75.3 Å². The van der Waals surface area contributed by atoms with Crippen LogP contribution in [-0.4, -0.2) is 40.8 Å². The lowest BCUT2D eigenvalue weighted by Gasteiger charge is -2.13. The second-order valence-corrected chi connectivity index (χ2v) is 5.60. The third kappa shape index (κ3) is 3.30. The van der Waals surface area contributed by atoms with E-state index in [1.54, 1.807) is 24.3 Å². The number of nitro groups is 1. The summed E-state index contributed by atoms with van der Waals surface area (Å²) in [6, 6.07) is 11.6. The van der Waals surface area contributed by atoms with Crippen LogP contribution in [0.5, 0.6) is 0 Å². The van der Waals surface area contributed by atoms with Gasteiger partial charge in [-0.25, -0.2) is 4.79 Å². The molecule has 0 fully saturated rings. The van der Waals surface area contributed by atoms with Gasteiger partial charge in [-0.15, -0.1) is 0 Å². The Balaban J connectivity index is 1.50. The summed E-state index contributed by atoms with van der Waals surface area (Å²) in [5, 5.41) is 10.6. The van der Waals surface area contributed by atoms with Crippen molar-refractivity contribution in [3.8, 4) is 0 Å². The number of carbonyl (C=O) groups is 3. The lowest BCUT2D eigenvalue weighted by molar-refractivity contribution is -0.384. The standard InChI is InChI=1S/C18H14N2O6/c21-16-14-4-1-2-5-15(14)17(22)19(16)10-3-11-26-18(23)12-6-8-13(9-7-12)20(24)25/h1-2,4-9H,3,10-11H2. The second kappa shape index (κ2) is 7.14. The molecule has 2 aromatic rings. The number of nitrogens with zero attached hydrogens (tertiary/aromatic N) is 2. The van der Waals surface area contributed by atoms with Gasteiger partial charge in [-0.3, -0.25) is 24.6 Å². The van der Waals surface area contributed by atoms with Crippen LogP contribution in [0.15, 0.2) is 48.5 Å². The fourth-order valence-electron chi connectivity index (χ4n) is 2.63. The van der Waals surface area contributed by atoms with E-state index in [0.29, 0.717) is 17.5 Å². The van der Waals surface area contributed by atoms with Crippen molar-refractivity contribution in [3.63, 3.8) is 0 Å². The van der Waals surface area contributed by atoms with Crippen molar-refractivity contribution in [2.24, 2.45) is 0 Å². The average molecular weight is 354 g/mol. The zero-order valence-electron chi connectivity index (χ0n) is 13.6. The number of ether oxygens (including phenoxy) is 1. The number of rotatable bonds is 6. The molecule has 8 nitrogen and oxygen atoms in total. The highest BCUT2D eigenvalue weighted by atomic mass is 16.6. The monoisotopic (exact) mass is 354 g/mol. The highest BCUT2D eigenvalue weighted by Crippen LogP contribution is 2.22. The first-order valence-corrected chi connectivity index (χ1v) is 7.86. The zero-order chi connectivity index (χ0) is 18.7. The fourth-order valence-corrected chi connectivity index (χ4v) is 2.63. The summed E-state index contributed by atoms with van der Waals surface area (Å²) in [6.07, 6.45) is 0.296. The van der Waals surface area contributed by atoms with Crippen LogP contribution in [0.25, 0.3) is 0 Å². The fraction of sp³-hybridized carbons (Fsp3) is 0.167. The summed E-state index contributed by atoms with van der Waals surface area (Å²) in [5.41, 5.74) is 0.823. The van der Waals surface area contributed by atoms with E-state index < -0.39 is 10.9 Å². The molecule has 2 aromatic carbocycles. The Morgan fingerprint density at radius 3 is 2.12 bits per heavy atom. The molecular formula is C18H14N2O6. The van der Waals surface area contributed by atoms with Crippen molar-refractivity contribution in [1.29, 1.82) is 0 Å².